The summed E-state index contributed by atoms with van der Waals surface area (Å²) in [5.74, 6) is 0.0184. The molecule has 0 radical (unpaired) electrons. The molecule has 0 N–H and O–H groups in total. The number of rotatable bonds is 2. The maximum atomic E-state index is 11.5. The van der Waals surface area contributed by atoms with E-state index in [9.17, 15) is 4.79 Å². The van der Waals surface area contributed by atoms with Crippen LogP contribution >= 0.6 is 34.8 Å². The lowest BCUT2D eigenvalue weighted by atomic mass is 10.2. The molecule has 0 spiro atoms. The van der Waals surface area contributed by atoms with Crippen molar-refractivity contribution in [1.29, 1.82) is 0 Å². The summed E-state index contributed by atoms with van der Waals surface area (Å²) >= 11 is 16.8. The highest BCUT2D eigenvalue weighted by atomic mass is 35.6. The average molecular weight is 324 g/mol. The maximum Gasteiger partial charge on any atom is 0.377 e. The first-order chi connectivity index (χ1) is 8.90. The number of benzene rings is 1. The van der Waals surface area contributed by atoms with E-state index < -0.39 is 16.1 Å². The largest absolute Gasteiger partial charge is 0.497 e. The minimum Gasteiger partial charge on any atom is -0.497 e. The Hall–Kier alpha value is -1.10. The van der Waals surface area contributed by atoms with Gasteiger partial charge in [0.05, 0.1) is 7.11 Å². The molecule has 1 aliphatic rings. The van der Waals surface area contributed by atoms with Crippen molar-refractivity contribution in [2.75, 3.05) is 7.11 Å². The fourth-order valence-corrected chi connectivity index (χ4v) is 1.69. The molecule has 1 aromatic rings. The van der Waals surface area contributed by atoms with Crippen molar-refractivity contribution in [2.24, 2.45) is 0 Å². The third kappa shape index (κ3) is 3.47. The molecule has 7 heteroatoms. The molecule has 1 unspecified atom stereocenters. The molecule has 102 valence electrons. The highest BCUT2D eigenvalue weighted by molar-refractivity contribution is 6.68. The van der Waals surface area contributed by atoms with E-state index in [2.05, 4.69) is 0 Å². The molecule has 19 heavy (non-hydrogen) atoms. The van der Waals surface area contributed by atoms with Crippen LogP contribution in [0.3, 0.4) is 0 Å². The van der Waals surface area contributed by atoms with Crippen LogP contribution in [-0.2, 0) is 14.3 Å². The van der Waals surface area contributed by atoms with Crippen LogP contribution in [0.25, 0.3) is 6.08 Å². The number of alkyl halides is 3. The van der Waals surface area contributed by atoms with E-state index in [0.717, 1.165) is 5.56 Å². The van der Waals surface area contributed by atoms with Gasteiger partial charge in [-0.1, -0.05) is 46.9 Å². The summed E-state index contributed by atoms with van der Waals surface area (Å²) in [6, 6.07) is 7.01. The minimum absolute atomic E-state index is 0.0125. The van der Waals surface area contributed by atoms with Crippen molar-refractivity contribution in [1.82, 2.24) is 0 Å². The second-order valence-electron chi connectivity index (χ2n) is 3.68. The molecular formula is C12H9Cl3O4. The Morgan fingerprint density at radius 2 is 1.84 bits per heavy atom. The third-order valence-corrected chi connectivity index (χ3v) is 2.86. The molecule has 1 atom stereocenters. The summed E-state index contributed by atoms with van der Waals surface area (Å²) < 4.78 is 13.2. The Morgan fingerprint density at radius 3 is 2.32 bits per heavy atom. The van der Waals surface area contributed by atoms with Gasteiger partial charge in [-0.3, -0.25) is 0 Å². The molecule has 1 saturated heterocycles. The van der Waals surface area contributed by atoms with Crippen LogP contribution in [0.2, 0.25) is 0 Å². The number of methoxy groups -OCH3 is 1. The summed E-state index contributed by atoms with van der Waals surface area (Å²) in [4.78, 5) is 11.5. The third-order valence-electron chi connectivity index (χ3n) is 2.33. The molecule has 1 aromatic carbocycles. The van der Waals surface area contributed by atoms with Crippen LogP contribution in [0.5, 0.6) is 5.75 Å². The molecular weight excluding hydrogens is 314 g/mol. The van der Waals surface area contributed by atoms with Gasteiger partial charge in [0.1, 0.15) is 5.75 Å². The van der Waals surface area contributed by atoms with E-state index in [4.69, 9.17) is 49.0 Å². The van der Waals surface area contributed by atoms with Gasteiger partial charge < -0.3 is 14.2 Å². The van der Waals surface area contributed by atoms with Crippen LogP contribution in [0.15, 0.2) is 30.0 Å². The molecule has 0 aliphatic carbocycles. The van der Waals surface area contributed by atoms with E-state index >= 15 is 0 Å². The molecule has 0 amide bonds. The molecule has 1 fully saturated rings. The van der Waals surface area contributed by atoms with Gasteiger partial charge in [-0.05, 0) is 23.8 Å². The van der Waals surface area contributed by atoms with Gasteiger partial charge in [0.25, 0.3) is 10.1 Å². The van der Waals surface area contributed by atoms with Crippen molar-refractivity contribution < 1.29 is 19.0 Å². The molecule has 0 aromatic heterocycles. The zero-order valence-corrected chi connectivity index (χ0v) is 12.0. The molecule has 4 nitrogen and oxygen atoms in total. The number of ether oxygens (including phenoxy) is 3. The average Bonchev–Trinajstić information content (AvgIpc) is 2.72. The lowest BCUT2D eigenvalue weighted by Crippen LogP contribution is -2.26. The first kappa shape index (κ1) is 14.3. The molecule has 1 aliphatic heterocycles. The minimum atomic E-state index is -1.83. The topological polar surface area (TPSA) is 44.8 Å². The first-order valence-electron chi connectivity index (χ1n) is 5.20. The molecule has 2 rings (SSSR count). The van der Waals surface area contributed by atoms with Gasteiger partial charge in [0.2, 0.25) is 5.76 Å². The Kier molecular flexibility index (Phi) is 4.13. The number of esters is 1. The standard InChI is InChI=1S/C12H9Cl3O4/c1-17-8-4-2-7(3-5-8)6-9-10(16)19-11(18-9)12(13,14)15/h2-6,11H,1H3/b9-6-. The predicted molar refractivity (Wildman–Crippen MR) is 72.2 cm³/mol. The Balaban J connectivity index is 2.17. The Labute approximate surface area is 124 Å². The first-order valence-corrected chi connectivity index (χ1v) is 6.33. The van der Waals surface area contributed by atoms with Crippen LogP contribution in [0.1, 0.15) is 5.56 Å². The van der Waals surface area contributed by atoms with E-state index in [1.165, 1.54) is 6.08 Å². The summed E-state index contributed by atoms with van der Waals surface area (Å²) in [7, 11) is 1.57. The van der Waals surface area contributed by atoms with Crippen molar-refractivity contribution in [2.45, 2.75) is 10.1 Å². The number of halogens is 3. The molecule has 0 saturated carbocycles. The van der Waals surface area contributed by atoms with Crippen LogP contribution in [0.4, 0.5) is 0 Å². The van der Waals surface area contributed by atoms with E-state index in [0.29, 0.717) is 5.75 Å². The van der Waals surface area contributed by atoms with Crippen LogP contribution in [0, 0.1) is 0 Å². The molecule has 1 heterocycles. The van der Waals surface area contributed by atoms with Crippen molar-refractivity contribution in [3.63, 3.8) is 0 Å². The highest BCUT2D eigenvalue weighted by Crippen LogP contribution is 2.38. The monoisotopic (exact) mass is 322 g/mol. The number of hydrogen-bond acceptors (Lipinski definition) is 4. The predicted octanol–water partition coefficient (Wildman–Crippen LogP) is 3.31. The van der Waals surface area contributed by atoms with Crippen LogP contribution in [-0.4, -0.2) is 23.2 Å². The van der Waals surface area contributed by atoms with Crippen molar-refractivity contribution >= 4 is 46.8 Å². The Bertz CT molecular complexity index is 505. The smallest absolute Gasteiger partial charge is 0.377 e. The van der Waals surface area contributed by atoms with Crippen molar-refractivity contribution in [3.8, 4) is 5.75 Å². The zero-order valence-electron chi connectivity index (χ0n) is 9.73. The van der Waals surface area contributed by atoms with Crippen LogP contribution < -0.4 is 4.74 Å². The quantitative estimate of drug-likeness (QED) is 0.476. The second kappa shape index (κ2) is 5.49. The van der Waals surface area contributed by atoms with E-state index in [-0.39, 0.29) is 5.76 Å². The summed E-state index contributed by atoms with van der Waals surface area (Å²) in [6.07, 6.45) is 0.257. The lowest BCUT2D eigenvalue weighted by Gasteiger charge is -2.15. The fourth-order valence-electron chi connectivity index (χ4n) is 1.42. The van der Waals surface area contributed by atoms with Gasteiger partial charge in [-0.2, -0.15) is 0 Å². The molecule has 0 bridgehead atoms. The van der Waals surface area contributed by atoms with Gasteiger partial charge in [0.15, 0.2) is 0 Å². The SMILES string of the molecule is COc1ccc(/C=C2\OC(C(Cl)(Cl)Cl)OC2=O)cc1. The summed E-state index contributed by atoms with van der Waals surface area (Å²) in [6.45, 7) is 0. The zero-order chi connectivity index (χ0) is 14.0. The highest BCUT2D eigenvalue weighted by Gasteiger charge is 2.44. The summed E-state index contributed by atoms with van der Waals surface area (Å²) in [5.41, 5.74) is 0.734. The summed E-state index contributed by atoms with van der Waals surface area (Å²) in [5, 5.41) is 0. The number of cyclic esters (lactones) is 1. The van der Waals surface area contributed by atoms with Crippen molar-refractivity contribution in [3.05, 3.63) is 35.6 Å². The van der Waals surface area contributed by atoms with Gasteiger partial charge in [0, 0.05) is 0 Å². The number of carbonyl (C=O) groups excluding carboxylic acids is 1. The van der Waals surface area contributed by atoms with E-state index in [1.807, 2.05) is 0 Å². The Morgan fingerprint density at radius 1 is 1.21 bits per heavy atom. The second-order valence-corrected chi connectivity index (χ2v) is 6.05. The lowest BCUT2D eigenvalue weighted by molar-refractivity contribution is -0.142. The normalized spacial score (nSPS) is 21.2. The fraction of sp³-hybridized carbons (Fsp3) is 0.250. The van der Waals surface area contributed by atoms with Gasteiger partial charge in [-0.25, -0.2) is 4.79 Å². The number of hydrogen-bond donors (Lipinski definition) is 0. The number of carbonyl (C=O) groups is 1. The van der Waals surface area contributed by atoms with Gasteiger partial charge >= 0.3 is 5.97 Å². The maximum absolute atomic E-state index is 11.5. The van der Waals surface area contributed by atoms with Gasteiger partial charge in [-0.15, -0.1) is 0 Å². The van der Waals surface area contributed by atoms with E-state index in [1.54, 1.807) is 31.4 Å².